The smallest absolute Gasteiger partial charge is 0.178 e. The molecule has 1 saturated heterocycles. The number of hydrogen-bond donors (Lipinski definition) is 0. The van der Waals surface area contributed by atoms with Crippen LogP contribution in [0.1, 0.15) is 45.8 Å². The molecular formula is C24H35N3O2. The Balaban J connectivity index is 1.56. The van der Waals surface area contributed by atoms with Gasteiger partial charge in [-0.05, 0) is 44.9 Å². The van der Waals surface area contributed by atoms with Crippen LogP contribution in [0.2, 0.25) is 0 Å². The second-order valence-electron chi connectivity index (χ2n) is 8.36. The minimum Gasteiger partial charge on any atom is -0.383 e. The zero-order chi connectivity index (χ0) is 21.0. The molecule has 1 fully saturated rings. The van der Waals surface area contributed by atoms with Crippen LogP contribution >= 0.6 is 0 Å². The number of ether oxygens (including phenoxy) is 1. The Labute approximate surface area is 175 Å². The standard InChI is InChI=1S/C24H35N3O2/c1-18-8-6-7-9-22(18)15-25-10-12-26(13-11-25)16-24(28)23-14-19(2)27(21(23)4)20(3)17-29-5/h6-9,14,20H,10-13,15-17H2,1-5H3/t20-/m1/s1. The van der Waals surface area contributed by atoms with Crippen molar-refractivity contribution in [2.45, 2.75) is 40.3 Å². The topological polar surface area (TPSA) is 37.7 Å². The first-order valence-electron chi connectivity index (χ1n) is 10.6. The second kappa shape index (κ2) is 9.70. The van der Waals surface area contributed by atoms with Gasteiger partial charge in [0, 0.05) is 56.8 Å². The number of benzene rings is 1. The van der Waals surface area contributed by atoms with Crippen molar-refractivity contribution in [1.29, 1.82) is 0 Å². The monoisotopic (exact) mass is 397 g/mol. The largest absolute Gasteiger partial charge is 0.383 e. The third-order valence-corrected chi connectivity index (χ3v) is 6.12. The predicted octanol–water partition coefficient (Wildman–Crippen LogP) is 3.62. The lowest BCUT2D eigenvalue weighted by Gasteiger charge is -2.34. The lowest BCUT2D eigenvalue weighted by atomic mass is 10.1. The van der Waals surface area contributed by atoms with Crippen molar-refractivity contribution < 1.29 is 9.53 Å². The summed E-state index contributed by atoms with van der Waals surface area (Å²) in [7, 11) is 1.72. The lowest BCUT2D eigenvalue weighted by Crippen LogP contribution is -2.47. The fraction of sp³-hybridized carbons (Fsp3) is 0.542. The third-order valence-electron chi connectivity index (χ3n) is 6.12. The van der Waals surface area contributed by atoms with Gasteiger partial charge in [0.05, 0.1) is 19.2 Å². The first-order chi connectivity index (χ1) is 13.9. The van der Waals surface area contributed by atoms with Gasteiger partial charge in [0.25, 0.3) is 0 Å². The summed E-state index contributed by atoms with van der Waals surface area (Å²) in [6.07, 6.45) is 0. The molecular weight excluding hydrogens is 362 g/mol. The van der Waals surface area contributed by atoms with Crippen LogP contribution in [0.3, 0.4) is 0 Å². The zero-order valence-corrected chi connectivity index (χ0v) is 18.6. The summed E-state index contributed by atoms with van der Waals surface area (Å²) >= 11 is 0. The quantitative estimate of drug-likeness (QED) is 0.638. The van der Waals surface area contributed by atoms with E-state index >= 15 is 0 Å². The number of rotatable bonds is 8. The third kappa shape index (κ3) is 5.16. The number of nitrogens with zero attached hydrogens (tertiary/aromatic N) is 3. The Bertz CT molecular complexity index is 835. The van der Waals surface area contributed by atoms with Crippen LogP contribution in [0.5, 0.6) is 0 Å². The van der Waals surface area contributed by atoms with Gasteiger partial charge < -0.3 is 9.30 Å². The second-order valence-corrected chi connectivity index (χ2v) is 8.36. The molecule has 2 heterocycles. The van der Waals surface area contributed by atoms with Gasteiger partial charge >= 0.3 is 0 Å². The molecule has 0 spiro atoms. The highest BCUT2D eigenvalue weighted by molar-refractivity contribution is 5.99. The molecule has 0 amide bonds. The van der Waals surface area contributed by atoms with E-state index in [2.05, 4.69) is 59.4 Å². The number of aromatic nitrogens is 1. The van der Waals surface area contributed by atoms with Crippen molar-refractivity contribution in [3.8, 4) is 0 Å². The summed E-state index contributed by atoms with van der Waals surface area (Å²) < 4.78 is 7.52. The van der Waals surface area contributed by atoms with Crippen molar-refractivity contribution in [1.82, 2.24) is 14.4 Å². The van der Waals surface area contributed by atoms with Gasteiger partial charge in [0.15, 0.2) is 5.78 Å². The molecule has 29 heavy (non-hydrogen) atoms. The Morgan fingerprint density at radius 1 is 1.07 bits per heavy atom. The molecule has 0 N–H and O–H groups in total. The van der Waals surface area contributed by atoms with E-state index in [-0.39, 0.29) is 11.8 Å². The number of aryl methyl sites for hydroxylation is 2. The Kier molecular flexibility index (Phi) is 7.28. The van der Waals surface area contributed by atoms with Crippen molar-refractivity contribution in [2.75, 3.05) is 46.4 Å². The maximum atomic E-state index is 13.0. The molecule has 1 atom stereocenters. The number of Topliss-reactive ketones (excluding diaryl/α,β-unsaturated/α-hetero) is 1. The van der Waals surface area contributed by atoms with Gasteiger partial charge in [-0.3, -0.25) is 14.6 Å². The van der Waals surface area contributed by atoms with E-state index in [0.717, 1.165) is 49.7 Å². The maximum absolute atomic E-state index is 13.0. The average Bonchev–Trinajstić information content (AvgIpc) is 2.99. The number of carbonyl (C=O) groups excluding carboxylic acids is 1. The molecule has 0 unspecified atom stereocenters. The maximum Gasteiger partial charge on any atom is 0.178 e. The minimum absolute atomic E-state index is 0.223. The Morgan fingerprint density at radius 3 is 2.38 bits per heavy atom. The molecule has 2 aromatic rings. The van der Waals surface area contributed by atoms with Gasteiger partial charge in [0.2, 0.25) is 0 Å². The van der Waals surface area contributed by atoms with Crippen molar-refractivity contribution in [2.24, 2.45) is 0 Å². The van der Waals surface area contributed by atoms with E-state index in [1.807, 2.05) is 13.0 Å². The number of hydrogen-bond acceptors (Lipinski definition) is 4. The van der Waals surface area contributed by atoms with E-state index in [1.165, 1.54) is 11.1 Å². The summed E-state index contributed by atoms with van der Waals surface area (Å²) in [6, 6.07) is 10.9. The molecule has 0 radical (unpaired) electrons. The molecule has 0 bridgehead atoms. The van der Waals surface area contributed by atoms with E-state index in [1.54, 1.807) is 7.11 Å². The van der Waals surface area contributed by atoms with Crippen molar-refractivity contribution >= 4 is 5.78 Å². The Morgan fingerprint density at radius 2 is 1.72 bits per heavy atom. The SMILES string of the molecule is COC[C@@H](C)n1c(C)cc(C(=O)CN2CCN(Cc3ccccc3C)CC2)c1C. The van der Waals surface area contributed by atoms with Gasteiger partial charge in [-0.15, -0.1) is 0 Å². The fourth-order valence-electron chi connectivity index (χ4n) is 4.48. The number of carbonyl (C=O) groups is 1. The summed E-state index contributed by atoms with van der Waals surface area (Å²) in [6.45, 7) is 14.5. The molecule has 1 aromatic heterocycles. The van der Waals surface area contributed by atoms with Crippen LogP contribution in [-0.2, 0) is 11.3 Å². The molecule has 0 aliphatic carbocycles. The summed E-state index contributed by atoms with van der Waals surface area (Å²) in [5.41, 5.74) is 5.78. The molecule has 158 valence electrons. The van der Waals surface area contributed by atoms with Gasteiger partial charge in [-0.25, -0.2) is 0 Å². The highest BCUT2D eigenvalue weighted by Gasteiger charge is 2.23. The van der Waals surface area contributed by atoms with E-state index in [9.17, 15) is 4.79 Å². The molecule has 0 saturated carbocycles. The summed E-state index contributed by atoms with van der Waals surface area (Å²) in [5, 5.41) is 0. The minimum atomic E-state index is 0.223. The number of methoxy groups -OCH3 is 1. The highest BCUT2D eigenvalue weighted by Crippen LogP contribution is 2.22. The highest BCUT2D eigenvalue weighted by atomic mass is 16.5. The zero-order valence-electron chi connectivity index (χ0n) is 18.6. The molecule has 3 rings (SSSR count). The molecule has 5 heteroatoms. The van der Waals surface area contributed by atoms with Gasteiger partial charge in [0.1, 0.15) is 0 Å². The molecule has 5 nitrogen and oxygen atoms in total. The fourth-order valence-corrected chi connectivity index (χ4v) is 4.48. The first-order valence-corrected chi connectivity index (χ1v) is 10.6. The Hall–Kier alpha value is -1.95. The van der Waals surface area contributed by atoms with Gasteiger partial charge in [-0.2, -0.15) is 0 Å². The van der Waals surface area contributed by atoms with Gasteiger partial charge in [-0.1, -0.05) is 24.3 Å². The van der Waals surface area contributed by atoms with Crippen LogP contribution in [-0.4, -0.2) is 66.6 Å². The lowest BCUT2D eigenvalue weighted by molar-refractivity contribution is 0.0842. The first kappa shape index (κ1) is 21.8. The van der Waals surface area contributed by atoms with E-state index in [4.69, 9.17) is 4.74 Å². The van der Waals surface area contributed by atoms with Crippen LogP contribution in [0.15, 0.2) is 30.3 Å². The average molecular weight is 398 g/mol. The summed E-state index contributed by atoms with van der Waals surface area (Å²) in [5.74, 6) is 0.223. The predicted molar refractivity (Wildman–Crippen MR) is 118 cm³/mol. The van der Waals surface area contributed by atoms with Crippen LogP contribution in [0.25, 0.3) is 0 Å². The summed E-state index contributed by atoms with van der Waals surface area (Å²) in [4.78, 5) is 17.8. The molecule has 1 aliphatic rings. The van der Waals surface area contributed by atoms with E-state index < -0.39 is 0 Å². The van der Waals surface area contributed by atoms with Crippen molar-refractivity contribution in [3.05, 3.63) is 58.4 Å². The van der Waals surface area contributed by atoms with Crippen LogP contribution in [0.4, 0.5) is 0 Å². The van der Waals surface area contributed by atoms with Crippen LogP contribution < -0.4 is 0 Å². The van der Waals surface area contributed by atoms with E-state index in [0.29, 0.717) is 13.2 Å². The molecule has 1 aromatic carbocycles. The van der Waals surface area contributed by atoms with Crippen molar-refractivity contribution in [3.63, 3.8) is 0 Å². The normalized spacial score (nSPS) is 16.9. The van der Waals surface area contributed by atoms with Crippen LogP contribution in [0, 0.1) is 20.8 Å². The number of ketones is 1. The molecule has 1 aliphatic heterocycles. The number of piperazine rings is 1.